The fourth-order valence-electron chi connectivity index (χ4n) is 5.80. The van der Waals surface area contributed by atoms with Crippen LogP contribution in [0, 0.1) is 0 Å². The number of morpholine rings is 1. The van der Waals surface area contributed by atoms with Crippen LogP contribution in [0.25, 0.3) is 33.2 Å². The number of hydrogen-bond acceptors (Lipinski definition) is 6. The maximum absolute atomic E-state index is 12.7. The first-order valence-corrected chi connectivity index (χ1v) is 14.1. The SMILES string of the molecule is O=C1NC(=O)c2c(CCCCOc3ccc(-c4nc5ccc(N6CCOCC6)cc5[nH]4)cc3)c1cc1ccccc21. The molecule has 1 fully saturated rings. The molecule has 0 aliphatic carbocycles. The van der Waals surface area contributed by atoms with Gasteiger partial charge < -0.3 is 19.4 Å². The van der Waals surface area contributed by atoms with Crippen molar-refractivity contribution in [1.82, 2.24) is 15.3 Å². The number of nitrogens with zero attached hydrogens (tertiary/aromatic N) is 2. The fraction of sp³-hybridized carbons (Fsp3) is 0.242. The average Bonchev–Trinajstić information content (AvgIpc) is 3.44. The third kappa shape index (κ3) is 4.91. The van der Waals surface area contributed by atoms with Crippen LogP contribution in [0.2, 0.25) is 0 Å². The summed E-state index contributed by atoms with van der Waals surface area (Å²) in [7, 11) is 0. The molecule has 0 radical (unpaired) electrons. The molecule has 1 saturated heterocycles. The summed E-state index contributed by atoms with van der Waals surface area (Å²) in [4.78, 5) is 35.7. The van der Waals surface area contributed by atoms with E-state index in [1.165, 1.54) is 5.69 Å². The molecule has 1 aromatic heterocycles. The first-order chi connectivity index (χ1) is 20.1. The molecule has 4 aromatic carbocycles. The van der Waals surface area contributed by atoms with Crippen LogP contribution in [0.5, 0.6) is 5.75 Å². The van der Waals surface area contributed by atoms with Crippen LogP contribution >= 0.6 is 0 Å². The Labute approximate surface area is 237 Å². The van der Waals surface area contributed by atoms with E-state index in [1.54, 1.807) is 0 Å². The largest absolute Gasteiger partial charge is 0.494 e. The van der Waals surface area contributed by atoms with Gasteiger partial charge in [-0.2, -0.15) is 0 Å². The molecule has 5 aromatic rings. The van der Waals surface area contributed by atoms with Gasteiger partial charge in [0.2, 0.25) is 0 Å². The smallest absolute Gasteiger partial charge is 0.259 e. The molecule has 2 amide bonds. The summed E-state index contributed by atoms with van der Waals surface area (Å²) in [5.74, 6) is 0.990. The third-order valence-electron chi connectivity index (χ3n) is 7.91. The van der Waals surface area contributed by atoms with Gasteiger partial charge in [0.15, 0.2) is 0 Å². The number of imidazole rings is 1. The number of H-pyrrole nitrogens is 1. The van der Waals surface area contributed by atoms with Crippen molar-refractivity contribution in [2.75, 3.05) is 37.8 Å². The first kappa shape index (κ1) is 25.3. The van der Waals surface area contributed by atoms with E-state index in [0.29, 0.717) is 24.2 Å². The Bertz CT molecular complexity index is 1770. The molecule has 0 atom stereocenters. The Balaban J connectivity index is 0.971. The van der Waals surface area contributed by atoms with Crippen molar-refractivity contribution in [3.05, 3.63) is 89.5 Å². The number of hydrogen-bond donors (Lipinski definition) is 2. The van der Waals surface area contributed by atoms with E-state index in [9.17, 15) is 9.59 Å². The summed E-state index contributed by atoms with van der Waals surface area (Å²) in [5, 5.41) is 4.27. The van der Waals surface area contributed by atoms with E-state index in [4.69, 9.17) is 14.5 Å². The Hall–Kier alpha value is -4.69. The number of ether oxygens (including phenoxy) is 2. The van der Waals surface area contributed by atoms with E-state index in [1.807, 2.05) is 54.6 Å². The molecule has 8 heteroatoms. The summed E-state index contributed by atoms with van der Waals surface area (Å²) in [6.07, 6.45) is 2.26. The lowest BCUT2D eigenvalue weighted by Crippen LogP contribution is -2.37. The predicted molar refractivity (Wildman–Crippen MR) is 159 cm³/mol. The normalized spacial score (nSPS) is 15.0. The van der Waals surface area contributed by atoms with Crippen molar-refractivity contribution >= 4 is 39.3 Å². The number of imide groups is 1. The van der Waals surface area contributed by atoms with Crippen LogP contribution in [0.1, 0.15) is 39.1 Å². The van der Waals surface area contributed by atoms with Gasteiger partial charge in [0, 0.05) is 29.9 Å². The van der Waals surface area contributed by atoms with Crippen molar-refractivity contribution in [2.24, 2.45) is 0 Å². The highest BCUT2D eigenvalue weighted by atomic mass is 16.5. The monoisotopic (exact) mass is 546 g/mol. The molecular weight excluding hydrogens is 516 g/mol. The number of unbranched alkanes of at least 4 members (excludes halogenated alkanes) is 1. The van der Waals surface area contributed by atoms with Crippen molar-refractivity contribution in [3.63, 3.8) is 0 Å². The average molecular weight is 547 g/mol. The van der Waals surface area contributed by atoms with E-state index in [0.717, 1.165) is 83.7 Å². The second kappa shape index (κ2) is 10.7. The van der Waals surface area contributed by atoms with Gasteiger partial charge in [0.05, 0.1) is 36.4 Å². The second-order valence-corrected chi connectivity index (χ2v) is 10.5. The predicted octanol–water partition coefficient (Wildman–Crippen LogP) is 5.51. The first-order valence-electron chi connectivity index (χ1n) is 14.1. The molecule has 0 unspecified atom stereocenters. The number of aromatic amines is 1. The van der Waals surface area contributed by atoms with Crippen LogP contribution in [0.15, 0.2) is 72.8 Å². The van der Waals surface area contributed by atoms with E-state index in [-0.39, 0.29) is 11.8 Å². The summed E-state index contributed by atoms with van der Waals surface area (Å²) in [5.41, 5.74) is 6.18. The van der Waals surface area contributed by atoms with Gasteiger partial charge in [0.1, 0.15) is 11.6 Å². The molecule has 3 heterocycles. The highest BCUT2D eigenvalue weighted by molar-refractivity contribution is 6.22. The maximum atomic E-state index is 12.7. The molecule has 41 heavy (non-hydrogen) atoms. The van der Waals surface area contributed by atoms with Crippen molar-refractivity contribution < 1.29 is 19.1 Å². The number of benzene rings is 4. The molecular formula is C33H30N4O4. The van der Waals surface area contributed by atoms with E-state index >= 15 is 0 Å². The standard InChI is InChI=1S/C33H30N4O4/c38-32-27-19-22-5-1-2-6-25(22)30(33(39)36-32)26(27)7-3-4-16-41-24-11-8-21(9-12-24)31-34-28-13-10-23(20-29(28)35-31)37-14-17-40-18-15-37/h1-2,5-6,8-13,19-20H,3-4,7,14-18H2,(H,34,35)(H,36,38,39). The molecule has 2 aliphatic rings. The zero-order valence-electron chi connectivity index (χ0n) is 22.6. The molecule has 0 spiro atoms. The van der Waals surface area contributed by atoms with Crippen LogP contribution in [-0.4, -0.2) is 54.7 Å². The summed E-state index contributed by atoms with van der Waals surface area (Å²) in [6.45, 7) is 3.86. The number of rotatable bonds is 8. The van der Waals surface area contributed by atoms with Gasteiger partial charge in [-0.1, -0.05) is 24.3 Å². The number of carbonyl (C=O) groups is 2. The summed E-state index contributed by atoms with van der Waals surface area (Å²) < 4.78 is 11.5. The summed E-state index contributed by atoms with van der Waals surface area (Å²) >= 11 is 0. The molecule has 206 valence electrons. The van der Waals surface area contributed by atoms with Crippen molar-refractivity contribution in [2.45, 2.75) is 19.3 Å². The molecule has 2 aliphatic heterocycles. The lowest BCUT2D eigenvalue weighted by Gasteiger charge is -2.28. The van der Waals surface area contributed by atoms with Gasteiger partial charge in [-0.05, 0) is 84.1 Å². The van der Waals surface area contributed by atoms with Crippen LogP contribution in [0.3, 0.4) is 0 Å². The van der Waals surface area contributed by atoms with E-state index < -0.39 is 0 Å². The molecule has 0 saturated carbocycles. The zero-order valence-corrected chi connectivity index (χ0v) is 22.6. The Morgan fingerprint density at radius 1 is 0.902 bits per heavy atom. The molecule has 2 N–H and O–H groups in total. The minimum absolute atomic E-state index is 0.312. The van der Waals surface area contributed by atoms with Gasteiger partial charge >= 0.3 is 0 Å². The molecule has 8 nitrogen and oxygen atoms in total. The zero-order chi connectivity index (χ0) is 27.8. The number of nitrogens with one attached hydrogen (secondary N) is 2. The Morgan fingerprint density at radius 2 is 1.73 bits per heavy atom. The number of aromatic nitrogens is 2. The lowest BCUT2D eigenvalue weighted by atomic mass is 9.88. The van der Waals surface area contributed by atoms with Crippen LogP contribution in [0.4, 0.5) is 5.69 Å². The van der Waals surface area contributed by atoms with Gasteiger partial charge in [-0.25, -0.2) is 4.98 Å². The third-order valence-corrected chi connectivity index (χ3v) is 7.91. The number of fused-ring (bicyclic) bond motifs is 5. The van der Waals surface area contributed by atoms with Crippen molar-refractivity contribution in [3.8, 4) is 17.1 Å². The van der Waals surface area contributed by atoms with Crippen molar-refractivity contribution in [1.29, 1.82) is 0 Å². The Kier molecular flexibility index (Phi) is 6.60. The number of amides is 2. The van der Waals surface area contributed by atoms with Gasteiger partial charge in [-0.15, -0.1) is 0 Å². The minimum Gasteiger partial charge on any atom is -0.494 e. The highest BCUT2D eigenvalue weighted by Crippen LogP contribution is 2.31. The van der Waals surface area contributed by atoms with Gasteiger partial charge in [-0.3, -0.25) is 14.9 Å². The Morgan fingerprint density at radius 3 is 2.59 bits per heavy atom. The topological polar surface area (TPSA) is 96.6 Å². The summed E-state index contributed by atoms with van der Waals surface area (Å²) in [6, 6.07) is 23.9. The quantitative estimate of drug-likeness (QED) is 0.197. The van der Waals surface area contributed by atoms with E-state index in [2.05, 4.69) is 33.4 Å². The lowest BCUT2D eigenvalue weighted by molar-refractivity contribution is 0.0839. The molecule has 2 bridgehead atoms. The number of carbonyl (C=O) groups excluding carboxylic acids is 2. The molecule has 7 rings (SSSR count). The number of anilines is 1. The highest BCUT2D eigenvalue weighted by Gasteiger charge is 2.28. The minimum atomic E-state index is -0.318. The van der Waals surface area contributed by atoms with Gasteiger partial charge in [0.25, 0.3) is 11.8 Å². The fourth-order valence-corrected chi connectivity index (χ4v) is 5.80. The van der Waals surface area contributed by atoms with Crippen LogP contribution < -0.4 is 15.0 Å². The van der Waals surface area contributed by atoms with Crippen LogP contribution in [-0.2, 0) is 11.2 Å². The maximum Gasteiger partial charge on any atom is 0.259 e. The second-order valence-electron chi connectivity index (χ2n) is 10.5.